The van der Waals surface area contributed by atoms with Gasteiger partial charge in [-0.05, 0) is 32.4 Å². The first-order chi connectivity index (χ1) is 7.41. The van der Waals surface area contributed by atoms with Gasteiger partial charge in [-0.1, -0.05) is 6.92 Å². The van der Waals surface area contributed by atoms with Gasteiger partial charge < -0.3 is 5.32 Å². The van der Waals surface area contributed by atoms with E-state index in [1.54, 1.807) is 6.07 Å². The van der Waals surface area contributed by atoms with Crippen molar-refractivity contribution in [3.63, 3.8) is 0 Å². The molecular formula is C12H14F2N2. The van der Waals surface area contributed by atoms with E-state index in [1.165, 1.54) is 12.1 Å². The maximum atomic E-state index is 13.5. The summed E-state index contributed by atoms with van der Waals surface area (Å²) in [5, 5.41) is 11.4. The standard InChI is InChI=1S/C12H14F2N2/c1-4-12(2,3)16-9-6-5-8(7-15)10(13)11(9)14/h5-6,16H,4H2,1-3H3. The fourth-order valence-electron chi connectivity index (χ4n) is 1.19. The van der Waals surface area contributed by atoms with E-state index in [-0.39, 0.29) is 16.8 Å². The highest BCUT2D eigenvalue weighted by Gasteiger charge is 2.19. The molecule has 1 N–H and O–H groups in total. The fraction of sp³-hybridized carbons (Fsp3) is 0.417. The molecule has 0 radical (unpaired) electrons. The number of nitrogens with zero attached hydrogens (tertiary/aromatic N) is 1. The van der Waals surface area contributed by atoms with Gasteiger partial charge in [-0.15, -0.1) is 0 Å². The Kier molecular flexibility index (Phi) is 3.48. The molecule has 0 atom stereocenters. The SMILES string of the molecule is CCC(C)(C)Nc1ccc(C#N)c(F)c1F. The maximum Gasteiger partial charge on any atom is 0.183 e. The van der Waals surface area contributed by atoms with Gasteiger partial charge in [0.25, 0.3) is 0 Å². The van der Waals surface area contributed by atoms with E-state index in [4.69, 9.17) is 5.26 Å². The van der Waals surface area contributed by atoms with E-state index in [9.17, 15) is 8.78 Å². The van der Waals surface area contributed by atoms with Crippen molar-refractivity contribution in [2.24, 2.45) is 0 Å². The summed E-state index contributed by atoms with van der Waals surface area (Å²) in [4.78, 5) is 0. The molecule has 0 aliphatic rings. The van der Waals surface area contributed by atoms with Crippen LogP contribution in [0.4, 0.5) is 14.5 Å². The van der Waals surface area contributed by atoms with Gasteiger partial charge in [0.2, 0.25) is 0 Å². The Morgan fingerprint density at radius 1 is 1.31 bits per heavy atom. The highest BCUT2D eigenvalue weighted by molar-refractivity contribution is 5.51. The Balaban J connectivity index is 3.10. The Morgan fingerprint density at radius 2 is 1.94 bits per heavy atom. The van der Waals surface area contributed by atoms with E-state index in [1.807, 2.05) is 20.8 Å². The Hall–Kier alpha value is -1.63. The van der Waals surface area contributed by atoms with E-state index < -0.39 is 11.6 Å². The summed E-state index contributed by atoms with van der Waals surface area (Å²) in [5.74, 6) is -2.10. The predicted molar refractivity (Wildman–Crippen MR) is 59.1 cm³/mol. The van der Waals surface area contributed by atoms with Crippen molar-refractivity contribution < 1.29 is 8.78 Å². The van der Waals surface area contributed by atoms with Crippen molar-refractivity contribution >= 4 is 5.69 Å². The Labute approximate surface area is 93.9 Å². The minimum absolute atomic E-state index is 0.0864. The van der Waals surface area contributed by atoms with Gasteiger partial charge in [-0.2, -0.15) is 5.26 Å². The number of halogens is 2. The second-order valence-corrected chi connectivity index (χ2v) is 4.26. The lowest BCUT2D eigenvalue weighted by atomic mass is 10.0. The van der Waals surface area contributed by atoms with Crippen molar-refractivity contribution in [2.45, 2.75) is 32.7 Å². The lowest BCUT2D eigenvalue weighted by Gasteiger charge is -2.26. The summed E-state index contributed by atoms with van der Waals surface area (Å²) in [6.45, 7) is 5.73. The fourth-order valence-corrected chi connectivity index (χ4v) is 1.19. The summed E-state index contributed by atoms with van der Waals surface area (Å²) in [7, 11) is 0. The van der Waals surface area contributed by atoms with E-state index in [2.05, 4.69) is 5.32 Å². The van der Waals surface area contributed by atoms with Crippen LogP contribution in [0.1, 0.15) is 32.8 Å². The minimum atomic E-state index is -1.10. The number of rotatable bonds is 3. The second-order valence-electron chi connectivity index (χ2n) is 4.26. The molecule has 0 spiro atoms. The molecule has 86 valence electrons. The zero-order chi connectivity index (χ0) is 12.3. The molecule has 0 aliphatic carbocycles. The number of hydrogen-bond acceptors (Lipinski definition) is 2. The first kappa shape index (κ1) is 12.4. The topological polar surface area (TPSA) is 35.8 Å². The summed E-state index contributed by atoms with van der Waals surface area (Å²) in [6, 6.07) is 4.25. The molecule has 1 rings (SSSR count). The average Bonchev–Trinajstić information content (AvgIpc) is 2.25. The van der Waals surface area contributed by atoms with E-state index >= 15 is 0 Å². The number of nitriles is 1. The third-order valence-corrected chi connectivity index (χ3v) is 2.56. The van der Waals surface area contributed by atoms with Crippen molar-refractivity contribution in [2.75, 3.05) is 5.32 Å². The molecule has 2 nitrogen and oxygen atoms in total. The lowest BCUT2D eigenvalue weighted by Crippen LogP contribution is -2.30. The first-order valence-electron chi connectivity index (χ1n) is 5.07. The smallest absolute Gasteiger partial charge is 0.183 e. The molecule has 0 aromatic heterocycles. The predicted octanol–water partition coefficient (Wildman–Crippen LogP) is 3.44. The van der Waals surface area contributed by atoms with Gasteiger partial charge >= 0.3 is 0 Å². The zero-order valence-corrected chi connectivity index (χ0v) is 9.56. The first-order valence-corrected chi connectivity index (χ1v) is 5.07. The highest BCUT2D eigenvalue weighted by atomic mass is 19.2. The zero-order valence-electron chi connectivity index (χ0n) is 9.56. The molecule has 0 saturated carbocycles. The molecule has 1 aromatic rings. The van der Waals surface area contributed by atoms with Crippen LogP contribution in [-0.4, -0.2) is 5.54 Å². The van der Waals surface area contributed by atoms with Crippen molar-refractivity contribution in [1.82, 2.24) is 0 Å². The molecule has 0 aliphatic heterocycles. The molecular weight excluding hydrogens is 210 g/mol. The quantitative estimate of drug-likeness (QED) is 0.853. The van der Waals surface area contributed by atoms with Crippen LogP contribution in [0.5, 0.6) is 0 Å². The van der Waals surface area contributed by atoms with Crippen LogP contribution >= 0.6 is 0 Å². The van der Waals surface area contributed by atoms with Gasteiger partial charge in [0.15, 0.2) is 11.6 Å². The van der Waals surface area contributed by atoms with Gasteiger partial charge in [0, 0.05) is 5.54 Å². The molecule has 4 heteroatoms. The maximum absolute atomic E-state index is 13.5. The van der Waals surface area contributed by atoms with Gasteiger partial charge in [0.1, 0.15) is 6.07 Å². The van der Waals surface area contributed by atoms with Crippen molar-refractivity contribution in [3.8, 4) is 6.07 Å². The number of anilines is 1. The van der Waals surface area contributed by atoms with Crippen LogP contribution < -0.4 is 5.32 Å². The number of hydrogen-bond donors (Lipinski definition) is 1. The molecule has 0 bridgehead atoms. The van der Waals surface area contributed by atoms with Crippen LogP contribution in [-0.2, 0) is 0 Å². The third kappa shape index (κ3) is 2.48. The van der Waals surface area contributed by atoms with Crippen molar-refractivity contribution in [1.29, 1.82) is 5.26 Å². The van der Waals surface area contributed by atoms with Crippen LogP contribution in [0.25, 0.3) is 0 Å². The monoisotopic (exact) mass is 224 g/mol. The van der Waals surface area contributed by atoms with Crippen LogP contribution in [0.15, 0.2) is 12.1 Å². The Morgan fingerprint density at radius 3 is 2.44 bits per heavy atom. The van der Waals surface area contributed by atoms with Gasteiger partial charge in [-0.25, -0.2) is 8.78 Å². The number of nitrogens with one attached hydrogen (secondary N) is 1. The molecule has 0 heterocycles. The molecule has 16 heavy (non-hydrogen) atoms. The summed E-state index contributed by atoms with van der Waals surface area (Å²) in [5.41, 5.74) is -0.512. The Bertz CT molecular complexity index is 433. The van der Waals surface area contributed by atoms with Crippen LogP contribution in [0.3, 0.4) is 0 Å². The van der Waals surface area contributed by atoms with Crippen LogP contribution in [0, 0.1) is 23.0 Å². The second kappa shape index (κ2) is 4.48. The largest absolute Gasteiger partial charge is 0.378 e. The normalized spacial score (nSPS) is 11.0. The number of benzene rings is 1. The summed E-state index contributed by atoms with van der Waals surface area (Å²) >= 11 is 0. The van der Waals surface area contributed by atoms with Gasteiger partial charge in [-0.3, -0.25) is 0 Å². The van der Waals surface area contributed by atoms with E-state index in [0.717, 1.165) is 6.42 Å². The molecule has 1 aromatic carbocycles. The third-order valence-electron chi connectivity index (χ3n) is 2.56. The van der Waals surface area contributed by atoms with E-state index in [0.29, 0.717) is 0 Å². The summed E-state index contributed by atoms with van der Waals surface area (Å²) < 4.78 is 26.8. The molecule has 0 unspecified atom stereocenters. The average molecular weight is 224 g/mol. The van der Waals surface area contributed by atoms with Crippen LogP contribution in [0.2, 0.25) is 0 Å². The molecule has 0 amide bonds. The molecule has 0 fully saturated rings. The van der Waals surface area contributed by atoms with Crippen molar-refractivity contribution in [3.05, 3.63) is 29.3 Å². The molecule has 0 saturated heterocycles. The lowest BCUT2D eigenvalue weighted by molar-refractivity contribution is 0.496. The minimum Gasteiger partial charge on any atom is -0.378 e. The summed E-state index contributed by atoms with van der Waals surface area (Å²) in [6.07, 6.45) is 0.772. The highest BCUT2D eigenvalue weighted by Crippen LogP contribution is 2.24. The van der Waals surface area contributed by atoms with Gasteiger partial charge in [0.05, 0.1) is 11.3 Å².